The lowest BCUT2D eigenvalue weighted by molar-refractivity contribution is 0.0702. The number of nitrogens with one attached hydrogen (secondary N) is 3. The second kappa shape index (κ2) is 13.7. The molecule has 0 bridgehead atoms. The average molecular weight is 492 g/mol. The van der Waals surface area contributed by atoms with Crippen molar-refractivity contribution in [3.8, 4) is 0 Å². The Morgan fingerprint density at radius 2 is 2.07 bits per heavy atom. The topological polar surface area (TPSA) is 70.7 Å². The van der Waals surface area contributed by atoms with E-state index >= 15 is 0 Å². The van der Waals surface area contributed by atoms with Gasteiger partial charge in [0.1, 0.15) is 5.82 Å². The number of rotatable bonds is 11. The van der Waals surface area contributed by atoms with Crippen LogP contribution in [0.3, 0.4) is 0 Å². The fraction of sp³-hybridized carbons (Fsp3) is 0.526. The number of ether oxygens (including phenoxy) is 2. The van der Waals surface area contributed by atoms with E-state index in [0.29, 0.717) is 26.4 Å². The molecule has 8 heteroatoms. The SMILES string of the molecule is CCNC(=NCCCOCCOC)NCCc1c[nH]c2ccc(F)cc12.I. The first kappa shape index (κ1) is 23.6. The predicted octanol–water partition coefficient (Wildman–Crippen LogP) is 3.08. The van der Waals surface area contributed by atoms with Crippen LogP contribution in [0, 0.1) is 5.82 Å². The number of benzene rings is 1. The molecular formula is C19H30FIN4O2. The summed E-state index contributed by atoms with van der Waals surface area (Å²) < 4.78 is 23.8. The molecule has 0 amide bonds. The number of guanidine groups is 1. The van der Waals surface area contributed by atoms with Gasteiger partial charge in [0.15, 0.2) is 5.96 Å². The summed E-state index contributed by atoms with van der Waals surface area (Å²) in [6.07, 6.45) is 3.59. The normalized spacial score (nSPS) is 11.4. The van der Waals surface area contributed by atoms with Gasteiger partial charge in [-0.05, 0) is 43.5 Å². The molecule has 0 unspecified atom stereocenters. The number of halogens is 2. The van der Waals surface area contributed by atoms with Gasteiger partial charge in [0.05, 0.1) is 13.2 Å². The van der Waals surface area contributed by atoms with Crippen LogP contribution in [0.4, 0.5) is 4.39 Å². The highest BCUT2D eigenvalue weighted by Crippen LogP contribution is 2.19. The van der Waals surface area contributed by atoms with Crippen molar-refractivity contribution in [1.29, 1.82) is 0 Å². The van der Waals surface area contributed by atoms with E-state index in [0.717, 1.165) is 48.4 Å². The summed E-state index contributed by atoms with van der Waals surface area (Å²) in [5.74, 6) is 0.573. The maximum atomic E-state index is 13.4. The number of hydrogen-bond donors (Lipinski definition) is 3. The zero-order chi connectivity index (χ0) is 18.6. The quantitative estimate of drug-likeness (QED) is 0.195. The number of hydrogen-bond acceptors (Lipinski definition) is 3. The maximum absolute atomic E-state index is 13.4. The standard InChI is InChI=1S/C19H29FN4O2.HI/c1-3-21-19(22-8-4-10-26-12-11-25-2)23-9-7-15-14-24-18-6-5-16(20)13-17(15)18;/h5-6,13-14,24H,3-4,7-12H2,1-2H3,(H2,21,22,23);1H. The lowest BCUT2D eigenvalue weighted by Crippen LogP contribution is -2.38. The van der Waals surface area contributed by atoms with Gasteiger partial charge in [0.25, 0.3) is 0 Å². The van der Waals surface area contributed by atoms with Gasteiger partial charge in [-0.1, -0.05) is 0 Å². The van der Waals surface area contributed by atoms with E-state index in [1.165, 1.54) is 6.07 Å². The van der Waals surface area contributed by atoms with Crippen molar-refractivity contribution in [2.75, 3.05) is 46.6 Å². The summed E-state index contributed by atoms with van der Waals surface area (Å²) in [6, 6.07) is 4.81. The second-order valence-corrected chi connectivity index (χ2v) is 5.90. The first-order chi connectivity index (χ1) is 12.7. The smallest absolute Gasteiger partial charge is 0.191 e. The molecule has 0 radical (unpaired) electrons. The second-order valence-electron chi connectivity index (χ2n) is 5.90. The molecule has 0 aliphatic carbocycles. The van der Waals surface area contributed by atoms with Gasteiger partial charge < -0.3 is 25.1 Å². The van der Waals surface area contributed by atoms with Gasteiger partial charge in [-0.15, -0.1) is 24.0 Å². The largest absolute Gasteiger partial charge is 0.382 e. The summed E-state index contributed by atoms with van der Waals surface area (Å²) in [5.41, 5.74) is 2.05. The van der Waals surface area contributed by atoms with Crippen LogP contribution in [0.25, 0.3) is 10.9 Å². The molecule has 0 saturated heterocycles. The average Bonchev–Trinajstić information content (AvgIpc) is 3.03. The third kappa shape index (κ3) is 8.44. The van der Waals surface area contributed by atoms with Crippen LogP contribution in [0.15, 0.2) is 29.4 Å². The third-order valence-corrected chi connectivity index (χ3v) is 3.91. The number of methoxy groups -OCH3 is 1. The Morgan fingerprint density at radius 3 is 2.85 bits per heavy atom. The molecule has 0 spiro atoms. The fourth-order valence-electron chi connectivity index (χ4n) is 2.62. The van der Waals surface area contributed by atoms with E-state index in [1.807, 2.05) is 13.1 Å². The molecule has 1 aromatic heterocycles. The van der Waals surface area contributed by atoms with Crippen LogP contribution in [-0.2, 0) is 15.9 Å². The molecule has 27 heavy (non-hydrogen) atoms. The Balaban J connectivity index is 0.00000364. The van der Waals surface area contributed by atoms with Crippen LogP contribution in [0.1, 0.15) is 18.9 Å². The van der Waals surface area contributed by atoms with Gasteiger partial charge >= 0.3 is 0 Å². The van der Waals surface area contributed by atoms with Crippen molar-refractivity contribution in [2.24, 2.45) is 4.99 Å². The number of H-pyrrole nitrogens is 1. The van der Waals surface area contributed by atoms with E-state index < -0.39 is 0 Å². The molecule has 1 heterocycles. The fourth-order valence-corrected chi connectivity index (χ4v) is 2.62. The molecule has 6 nitrogen and oxygen atoms in total. The molecular weight excluding hydrogens is 462 g/mol. The Bertz CT molecular complexity index is 693. The van der Waals surface area contributed by atoms with Crippen molar-refractivity contribution >= 4 is 40.8 Å². The van der Waals surface area contributed by atoms with E-state index in [9.17, 15) is 4.39 Å². The molecule has 2 rings (SSSR count). The lowest BCUT2D eigenvalue weighted by Gasteiger charge is -2.11. The lowest BCUT2D eigenvalue weighted by atomic mass is 10.1. The van der Waals surface area contributed by atoms with Crippen LogP contribution in [-0.4, -0.2) is 57.5 Å². The Labute approximate surface area is 177 Å². The predicted molar refractivity (Wildman–Crippen MR) is 119 cm³/mol. The summed E-state index contributed by atoms with van der Waals surface area (Å²) in [7, 11) is 1.66. The van der Waals surface area contributed by atoms with Crippen molar-refractivity contribution in [3.63, 3.8) is 0 Å². The summed E-state index contributed by atoms with van der Waals surface area (Å²) in [6.45, 7) is 6.16. The monoisotopic (exact) mass is 492 g/mol. The zero-order valence-electron chi connectivity index (χ0n) is 16.0. The summed E-state index contributed by atoms with van der Waals surface area (Å²) >= 11 is 0. The number of nitrogens with zero attached hydrogens (tertiary/aromatic N) is 1. The molecule has 0 aliphatic rings. The zero-order valence-corrected chi connectivity index (χ0v) is 18.3. The van der Waals surface area contributed by atoms with Crippen molar-refractivity contribution in [1.82, 2.24) is 15.6 Å². The van der Waals surface area contributed by atoms with Crippen LogP contribution >= 0.6 is 24.0 Å². The Morgan fingerprint density at radius 1 is 1.22 bits per heavy atom. The van der Waals surface area contributed by atoms with Crippen molar-refractivity contribution in [2.45, 2.75) is 19.8 Å². The summed E-state index contributed by atoms with van der Waals surface area (Å²) in [4.78, 5) is 7.72. The van der Waals surface area contributed by atoms with Crippen molar-refractivity contribution in [3.05, 3.63) is 35.8 Å². The van der Waals surface area contributed by atoms with E-state index in [1.54, 1.807) is 19.2 Å². The highest BCUT2D eigenvalue weighted by molar-refractivity contribution is 14.0. The van der Waals surface area contributed by atoms with Gasteiger partial charge in [-0.3, -0.25) is 4.99 Å². The van der Waals surface area contributed by atoms with Gasteiger partial charge in [0, 0.05) is 50.5 Å². The van der Waals surface area contributed by atoms with E-state index in [2.05, 4.69) is 20.6 Å². The molecule has 0 saturated carbocycles. The highest BCUT2D eigenvalue weighted by Gasteiger charge is 2.05. The molecule has 0 aliphatic heterocycles. The molecule has 2 aromatic rings. The highest BCUT2D eigenvalue weighted by atomic mass is 127. The first-order valence-electron chi connectivity index (χ1n) is 9.09. The minimum atomic E-state index is -0.214. The van der Waals surface area contributed by atoms with E-state index in [4.69, 9.17) is 9.47 Å². The van der Waals surface area contributed by atoms with E-state index in [-0.39, 0.29) is 29.8 Å². The van der Waals surface area contributed by atoms with Crippen LogP contribution in [0.5, 0.6) is 0 Å². The minimum absolute atomic E-state index is 0. The molecule has 3 N–H and O–H groups in total. The number of aliphatic imine (C=N–C) groups is 1. The van der Waals surface area contributed by atoms with Gasteiger partial charge in [0.2, 0.25) is 0 Å². The number of aromatic amines is 1. The number of fused-ring (bicyclic) bond motifs is 1. The first-order valence-corrected chi connectivity index (χ1v) is 9.09. The van der Waals surface area contributed by atoms with Crippen LogP contribution < -0.4 is 10.6 Å². The van der Waals surface area contributed by atoms with Gasteiger partial charge in [-0.2, -0.15) is 0 Å². The maximum Gasteiger partial charge on any atom is 0.191 e. The molecule has 0 fully saturated rings. The molecule has 0 atom stereocenters. The van der Waals surface area contributed by atoms with Gasteiger partial charge in [-0.25, -0.2) is 4.39 Å². The molecule has 152 valence electrons. The Hall–Kier alpha value is -1.39. The molecule has 1 aromatic carbocycles. The number of aromatic nitrogens is 1. The minimum Gasteiger partial charge on any atom is -0.382 e. The summed E-state index contributed by atoms with van der Waals surface area (Å²) in [5, 5.41) is 7.48. The third-order valence-electron chi connectivity index (χ3n) is 3.91. The Kier molecular flexibility index (Phi) is 12.0. The van der Waals surface area contributed by atoms with Crippen molar-refractivity contribution < 1.29 is 13.9 Å². The van der Waals surface area contributed by atoms with Crippen LogP contribution in [0.2, 0.25) is 0 Å².